The van der Waals surface area contributed by atoms with Crippen molar-refractivity contribution in [2.75, 3.05) is 7.05 Å². The van der Waals surface area contributed by atoms with Crippen molar-refractivity contribution in [3.63, 3.8) is 0 Å². The van der Waals surface area contributed by atoms with Gasteiger partial charge in [0.2, 0.25) is 0 Å². The predicted molar refractivity (Wildman–Crippen MR) is 92.5 cm³/mol. The molecule has 0 aromatic heterocycles. The van der Waals surface area contributed by atoms with Crippen LogP contribution in [0.1, 0.15) is 38.5 Å². The summed E-state index contributed by atoms with van der Waals surface area (Å²) in [4.78, 5) is 43.4. The summed E-state index contributed by atoms with van der Waals surface area (Å²) < 4.78 is 40.9. The molecular formula is C17H24F3NO8. The zero-order valence-electron chi connectivity index (χ0n) is 15.6. The van der Waals surface area contributed by atoms with Gasteiger partial charge in [-0.3, -0.25) is 0 Å². The number of hydrogen-bond donors (Lipinski definition) is 5. The molecule has 12 heteroatoms. The second-order valence-electron chi connectivity index (χ2n) is 6.46. The Bertz CT molecular complexity index is 580. The number of carboxylic acid groups (broad SMARTS) is 4. The second kappa shape index (κ2) is 11.9. The summed E-state index contributed by atoms with van der Waals surface area (Å²) in [5, 5.41) is 37.7. The molecule has 0 saturated carbocycles. The summed E-state index contributed by atoms with van der Waals surface area (Å²) in [6.07, 6.45) is -9.70. The Kier molecular flexibility index (Phi) is 10.8. The van der Waals surface area contributed by atoms with Gasteiger partial charge in [-0.25, -0.2) is 32.3 Å². The molecule has 0 fully saturated rings. The highest BCUT2D eigenvalue weighted by atomic mass is 19.1. The average molecular weight is 427 g/mol. The largest absolute Gasteiger partial charge is 0.479 e. The smallest absolute Gasteiger partial charge is 0.338 e. The van der Waals surface area contributed by atoms with Crippen LogP contribution < -0.4 is 5.32 Å². The molecule has 0 radical (unpaired) electrons. The molecule has 0 aromatic rings. The van der Waals surface area contributed by atoms with Crippen LogP contribution in [-0.4, -0.2) is 69.9 Å². The lowest BCUT2D eigenvalue weighted by Crippen LogP contribution is -2.35. The third-order valence-corrected chi connectivity index (χ3v) is 4.54. The van der Waals surface area contributed by atoms with Crippen LogP contribution in [0.4, 0.5) is 13.2 Å². The summed E-state index contributed by atoms with van der Waals surface area (Å²) in [5.41, 5.74) is -1.75. The van der Waals surface area contributed by atoms with E-state index in [4.69, 9.17) is 20.4 Å². The molecule has 5 N–H and O–H groups in total. The molecule has 0 spiro atoms. The lowest BCUT2D eigenvalue weighted by molar-refractivity contribution is -0.143. The minimum absolute atomic E-state index is 0.155. The maximum absolute atomic E-state index is 13.6. The van der Waals surface area contributed by atoms with Crippen molar-refractivity contribution in [3.8, 4) is 0 Å². The second-order valence-corrected chi connectivity index (χ2v) is 6.46. The molecule has 29 heavy (non-hydrogen) atoms. The Hall–Kier alpha value is -2.79. The van der Waals surface area contributed by atoms with Crippen LogP contribution in [0.2, 0.25) is 0 Å². The van der Waals surface area contributed by atoms with E-state index in [9.17, 15) is 32.3 Å². The van der Waals surface area contributed by atoms with E-state index in [-0.39, 0.29) is 5.70 Å². The Morgan fingerprint density at radius 3 is 1.31 bits per heavy atom. The van der Waals surface area contributed by atoms with E-state index in [1.807, 2.05) is 0 Å². The highest BCUT2D eigenvalue weighted by molar-refractivity contribution is 5.81. The summed E-state index contributed by atoms with van der Waals surface area (Å²) in [6.45, 7) is 0. The summed E-state index contributed by atoms with van der Waals surface area (Å²) >= 11 is 0. The Morgan fingerprint density at radius 2 is 1.10 bits per heavy atom. The molecule has 3 unspecified atom stereocenters. The Balaban J connectivity index is 6.03. The molecule has 0 aliphatic rings. The van der Waals surface area contributed by atoms with E-state index in [0.717, 1.165) is 0 Å². The SMILES string of the molecule is CN/C(=C\C(=O)O)C(CCC(F)C(=O)O)(CCC(F)C(=O)O)CCC(F)C(=O)O. The molecule has 0 saturated heterocycles. The molecule has 3 atom stereocenters. The van der Waals surface area contributed by atoms with E-state index in [1.165, 1.54) is 7.05 Å². The van der Waals surface area contributed by atoms with Gasteiger partial charge in [-0.15, -0.1) is 0 Å². The summed E-state index contributed by atoms with van der Waals surface area (Å²) in [7, 11) is 1.27. The molecule has 0 amide bonds. The summed E-state index contributed by atoms with van der Waals surface area (Å²) in [5.74, 6) is -6.86. The number of halogens is 3. The van der Waals surface area contributed by atoms with Crippen molar-refractivity contribution >= 4 is 23.9 Å². The third-order valence-electron chi connectivity index (χ3n) is 4.54. The molecule has 0 aliphatic carbocycles. The van der Waals surface area contributed by atoms with Crippen molar-refractivity contribution in [1.82, 2.24) is 5.32 Å². The van der Waals surface area contributed by atoms with Crippen LogP contribution in [0.5, 0.6) is 0 Å². The number of aliphatic carboxylic acids is 4. The number of carboxylic acids is 4. The third kappa shape index (κ3) is 8.83. The summed E-state index contributed by atoms with van der Waals surface area (Å²) in [6, 6.07) is 0. The highest BCUT2D eigenvalue weighted by Gasteiger charge is 2.38. The molecular weight excluding hydrogens is 403 g/mol. The first-order valence-electron chi connectivity index (χ1n) is 8.59. The monoisotopic (exact) mass is 427 g/mol. The van der Waals surface area contributed by atoms with Gasteiger partial charge in [-0.05, 0) is 38.5 Å². The molecule has 0 aliphatic heterocycles. The first kappa shape index (κ1) is 26.2. The van der Waals surface area contributed by atoms with Gasteiger partial charge < -0.3 is 25.7 Å². The van der Waals surface area contributed by atoms with E-state index in [1.54, 1.807) is 0 Å². The molecule has 166 valence electrons. The van der Waals surface area contributed by atoms with E-state index in [0.29, 0.717) is 6.08 Å². The van der Waals surface area contributed by atoms with E-state index < -0.39 is 86.3 Å². The number of carbonyl (C=O) groups is 4. The molecule has 0 aromatic carbocycles. The van der Waals surface area contributed by atoms with Gasteiger partial charge in [0, 0.05) is 24.2 Å². The predicted octanol–water partition coefficient (Wildman–Crippen LogP) is 1.77. The molecule has 0 rings (SSSR count). The number of alkyl halides is 3. The van der Waals surface area contributed by atoms with Crippen molar-refractivity contribution in [2.45, 2.75) is 57.0 Å². The van der Waals surface area contributed by atoms with Crippen LogP contribution in [0.15, 0.2) is 11.8 Å². The maximum Gasteiger partial charge on any atom is 0.338 e. The fraction of sp³-hybridized carbons (Fsp3) is 0.647. The van der Waals surface area contributed by atoms with Crippen LogP contribution in [-0.2, 0) is 19.2 Å². The minimum atomic E-state index is -2.36. The Labute approximate surface area is 164 Å². The standard InChI is InChI=1S/C17H24F3NO8/c1-21-12(8-13(22)23)17(5-2-9(18)14(24)25,6-3-10(19)15(26)27)7-4-11(20)16(28)29/h8-11,21H,2-7H2,1H3,(H,22,23)(H,24,25)(H,26,27)(H,28,29)/b12-8-. The zero-order chi connectivity index (χ0) is 22.8. The fourth-order valence-electron chi connectivity index (χ4n) is 2.97. The van der Waals surface area contributed by atoms with Crippen molar-refractivity contribution in [3.05, 3.63) is 11.8 Å². The van der Waals surface area contributed by atoms with Gasteiger partial charge in [-0.2, -0.15) is 0 Å². The fourth-order valence-corrected chi connectivity index (χ4v) is 2.97. The lowest BCUT2D eigenvalue weighted by atomic mass is 9.71. The van der Waals surface area contributed by atoms with E-state index in [2.05, 4.69) is 5.32 Å². The first-order chi connectivity index (χ1) is 13.4. The van der Waals surface area contributed by atoms with Crippen LogP contribution in [0.3, 0.4) is 0 Å². The first-order valence-corrected chi connectivity index (χ1v) is 8.59. The van der Waals surface area contributed by atoms with Gasteiger partial charge in [0.05, 0.1) is 0 Å². The Morgan fingerprint density at radius 1 is 0.793 bits per heavy atom. The highest BCUT2D eigenvalue weighted by Crippen LogP contribution is 2.43. The number of nitrogens with one attached hydrogen (secondary N) is 1. The average Bonchev–Trinajstić information content (AvgIpc) is 2.64. The van der Waals surface area contributed by atoms with Gasteiger partial charge in [0.1, 0.15) is 0 Å². The molecule has 0 bridgehead atoms. The normalized spacial score (nSPS) is 16.9. The number of allylic oxidation sites excluding steroid dienone is 1. The lowest BCUT2D eigenvalue weighted by Gasteiger charge is -2.37. The maximum atomic E-state index is 13.6. The van der Waals surface area contributed by atoms with Crippen LogP contribution in [0, 0.1) is 5.41 Å². The van der Waals surface area contributed by atoms with Gasteiger partial charge in [0.25, 0.3) is 0 Å². The van der Waals surface area contributed by atoms with Crippen molar-refractivity contribution in [1.29, 1.82) is 0 Å². The molecule has 0 heterocycles. The van der Waals surface area contributed by atoms with Gasteiger partial charge in [0.15, 0.2) is 18.5 Å². The number of rotatable bonds is 15. The van der Waals surface area contributed by atoms with Crippen molar-refractivity contribution < 1.29 is 52.8 Å². The quantitative estimate of drug-likeness (QED) is 0.245. The van der Waals surface area contributed by atoms with Crippen molar-refractivity contribution in [2.24, 2.45) is 5.41 Å². The topological polar surface area (TPSA) is 161 Å². The number of hydrogen-bond acceptors (Lipinski definition) is 5. The molecule has 9 nitrogen and oxygen atoms in total. The van der Waals surface area contributed by atoms with E-state index >= 15 is 0 Å². The van der Waals surface area contributed by atoms with Gasteiger partial charge >= 0.3 is 23.9 Å². The van der Waals surface area contributed by atoms with Gasteiger partial charge in [-0.1, -0.05) is 0 Å². The minimum Gasteiger partial charge on any atom is -0.479 e. The zero-order valence-corrected chi connectivity index (χ0v) is 15.6. The van der Waals surface area contributed by atoms with Crippen LogP contribution in [0.25, 0.3) is 0 Å². The van der Waals surface area contributed by atoms with Crippen LogP contribution >= 0.6 is 0 Å².